The zero-order valence-electron chi connectivity index (χ0n) is 17.4. The van der Waals surface area contributed by atoms with Gasteiger partial charge < -0.3 is 37.0 Å². The summed E-state index contributed by atoms with van der Waals surface area (Å²) in [6.45, 7) is 4.98. The van der Waals surface area contributed by atoms with Gasteiger partial charge in [0.1, 0.15) is 0 Å². The van der Waals surface area contributed by atoms with E-state index in [9.17, 15) is 14.8 Å². The van der Waals surface area contributed by atoms with Crippen molar-refractivity contribution in [3.8, 4) is 0 Å². The Balaban J connectivity index is 1.99. The highest BCUT2D eigenvalue weighted by Gasteiger charge is 2.11. The van der Waals surface area contributed by atoms with E-state index in [1.165, 1.54) is 13.6 Å². The number of hydrogen-bond donors (Lipinski definition) is 7. The van der Waals surface area contributed by atoms with Crippen molar-refractivity contribution in [2.45, 2.75) is 33.0 Å². The molecule has 11 heteroatoms. The number of nitrogens with zero attached hydrogens (tertiary/aromatic N) is 1. The Labute approximate surface area is 177 Å². The van der Waals surface area contributed by atoms with E-state index in [0.29, 0.717) is 17.1 Å². The predicted molar refractivity (Wildman–Crippen MR) is 125 cm³/mol. The second-order valence-corrected chi connectivity index (χ2v) is 7.09. The molecule has 0 heterocycles. The number of carbonyl (C=O) groups excluding carboxylic acids is 1. The van der Waals surface area contributed by atoms with Crippen molar-refractivity contribution in [3.63, 3.8) is 0 Å². The highest BCUT2D eigenvalue weighted by Crippen LogP contribution is 2.16. The first-order chi connectivity index (χ1) is 14.2. The largest absolute Gasteiger partial charge is 0.433 e. The van der Waals surface area contributed by atoms with Crippen molar-refractivity contribution in [2.24, 2.45) is 10.6 Å². The Hall–Kier alpha value is -3.01. The summed E-state index contributed by atoms with van der Waals surface area (Å²) >= 11 is 0. The van der Waals surface area contributed by atoms with Gasteiger partial charge in [-0.05, 0) is 62.9 Å². The topological polar surface area (TPSA) is 144 Å². The number of benzene rings is 2. The molecule has 0 fully saturated rings. The molecule has 9 nitrogen and oxygen atoms in total. The fraction of sp³-hybridized carbons (Fsp3) is 0.263. The summed E-state index contributed by atoms with van der Waals surface area (Å²) in [6.07, 6.45) is 0.774. The highest BCUT2D eigenvalue weighted by atomic mass is 16.2. The van der Waals surface area contributed by atoms with E-state index in [1.807, 2.05) is 31.2 Å². The average molecular weight is 410 g/mol. The molecule has 0 aromatic heterocycles. The minimum atomic E-state index is -0.953. The molecule has 2 amide bonds. The van der Waals surface area contributed by atoms with Crippen molar-refractivity contribution in [3.05, 3.63) is 54.1 Å². The summed E-state index contributed by atoms with van der Waals surface area (Å²) in [7, 11) is -1.81. The Morgan fingerprint density at radius 1 is 1.03 bits per heavy atom. The van der Waals surface area contributed by atoms with Crippen LogP contribution in [-0.4, -0.2) is 42.2 Å². The van der Waals surface area contributed by atoms with Gasteiger partial charge in [0.2, 0.25) is 0 Å². The highest BCUT2D eigenvalue weighted by molar-refractivity contribution is 6.53. The molecular formula is C19H28B2N6O3. The van der Waals surface area contributed by atoms with Gasteiger partial charge in [-0.3, -0.25) is 4.90 Å². The van der Waals surface area contributed by atoms with Crippen molar-refractivity contribution in [1.82, 2.24) is 5.23 Å². The maximum absolute atomic E-state index is 12.3. The lowest BCUT2D eigenvalue weighted by molar-refractivity contribution is 0.262. The zero-order valence-corrected chi connectivity index (χ0v) is 17.4. The molecule has 158 valence electrons. The first-order valence-corrected chi connectivity index (χ1v) is 9.71. The van der Waals surface area contributed by atoms with Gasteiger partial charge in [0.25, 0.3) is 0 Å². The van der Waals surface area contributed by atoms with Crippen molar-refractivity contribution >= 4 is 43.2 Å². The minimum Gasteiger partial charge on any atom is -0.433 e. The van der Waals surface area contributed by atoms with Crippen LogP contribution in [0.15, 0.2) is 53.4 Å². The zero-order chi connectivity index (χ0) is 22.1. The van der Waals surface area contributed by atoms with Crippen LogP contribution < -0.4 is 26.9 Å². The minimum absolute atomic E-state index is 0.0786. The molecule has 1 atom stereocenters. The molecule has 0 aliphatic carbocycles. The third-order valence-corrected chi connectivity index (χ3v) is 3.81. The van der Waals surface area contributed by atoms with Crippen LogP contribution in [0, 0.1) is 0 Å². The first-order valence-electron chi connectivity index (χ1n) is 9.71. The van der Waals surface area contributed by atoms with Gasteiger partial charge in [-0.2, -0.15) is 0 Å². The van der Waals surface area contributed by atoms with Crippen LogP contribution >= 0.6 is 0 Å². The number of urea groups is 1. The molecule has 1 unspecified atom stereocenters. The molecule has 2 aromatic rings. The van der Waals surface area contributed by atoms with Gasteiger partial charge >= 0.3 is 20.1 Å². The number of amides is 2. The quantitative estimate of drug-likeness (QED) is 0.211. The van der Waals surface area contributed by atoms with E-state index < -0.39 is 14.1 Å². The summed E-state index contributed by atoms with van der Waals surface area (Å²) < 4.78 is 0. The predicted octanol–water partition coefficient (Wildman–Crippen LogP) is 1.80. The monoisotopic (exact) mass is 410 g/mol. The Morgan fingerprint density at radius 3 is 2.20 bits per heavy atom. The summed E-state index contributed by atoms with van der Waals surface area (Å²) in [5.41, 5.74) is 8.74. The van der Waals surface area contributed by atoms with Crippen molar-refractivity contribution in [2.75, 3.05) is 16.0 Å². The Bertz CT molecular complexity index is 860. The number of rotatable bonds is 7. The maximum Gasteiger partial charge on any atom is 0.431 e. The smallest absolute Gasteiger partial charge is 0.431 e. The molecule has 0 saturated heterocycles. The molecule has 0 saturated carbocycles. The number of anilines is 3. The summed E-state index contributed by atoms with van der Waals surface area (Å²) in [5.74, 6) is 0.202. The molecule has 0 aliphatic heterocycles. The third kappa shape index (κ3) is 8.56. The molecular weight excluding hydrogens is 382 g/mol. The molecule has 2 rings (SSSR count). The van der Waals surface area contributed by atoms with Crippen LogP contribution in [0.2, 0.25) is 13.6 Å². The lowest BCUT2D eigenvalue weighted by Gasteiger charge is -2.14. The van der Waals surface area contributed by atoms with Gasteiger partial charge in [0, 0.05) is 23.1 Å². The van der Waals surface area contributed by atoms with E-state index in [0.717, 1.165) is 12.0 Å². The Morgan fingerprint density at radius 2 is 1.63 bits per heavy atom. The lowest BCUT2D eigenvalue weighted by atomic mass is 9.88. The van der Waals surface area contributed by atoms with Gasteiger partial charge in [0.05, 0.1) is 0 Å². The van der Waals surface area contributed by atoms with Crippen molar-refractivity contribution in [1.29, 1.82) is 0 Å². The second kappa shape index (κ2) is 11.2. The van der Waals surface area contributed by atoms with E-state index in [4.69, 9.17) is 5.73 Å². The normalized spacial score (nSPS) is 12.0. The summed E-state index contributed by atoms with van der Waals surface area (Å²) in [6, 6.07) is 14.2. The molecule has 0 radical (unpaired) electrons. The van der Waals surface area contributed by atoms with Crippen LogP contribution in [0.25, 0.3) is 0 Å². The number of hydrogen-bond acceptors (Lipinski definition) is 5. The second-order valence-electron chi connectivity index (χ2n) is 7.09. The number of nitrogens with one attached hydrogen (secondary N) is 4. The van der Waals surface area contributed by atoms with E-state index >= 15 is 0 Å². The van der Waals surface area contributed by atoms with E-state index in [2.05, 4.69) is 26.1 Å². The average Bonchev–Trinajstić information content (AvgIpc) is 2.62. The van der Waals surface area contributed by atoms with Crippen LogP contribution in [0.4, 0.5) is 21.9 Å². The standard InChI is InChI=1S/C19H28B2N6O3/c1-13(22)11-14-7-9-15(10-8-14)24-19(28)25-17-6-4-5-16(12-17)23-18(26-20(2)29)27-21(3)30/h4-10,12-13,29-30H,11,22H2,1-3H3,(H2,23,26,27)(H2,24,25,28). The van der Waals surface area contributed by atoms with Crippen LogP contribution in [0.3, 0.4) is 0 Å². The Kier molecular flexibility index (Phi) is 8.72. The fourth-order valence-electron chi connectivity index (χ4n) is 2.69. The van der Waals surface area contributed by atoms with Crippen LogP contribution in [-0.2, 0) is 6.42 Å². The SMILES string of the molecule is CB(O)N=C(NB(C)O)Nc1cccc(NC(=O)Nc2ccc(CC(C)N)cc2)c1. The van der Waals surface area contributed by atoms with Gasteiger partial charge in [-0.1, -0.05) is 18.2 Å². The van der Waals surface area contributed by atoms with E-state index in [-0.39, 0.29) is 18.0 Å². The van der Waals surface area contributed by atoms with Gasteiger partial charge in [-0.25, -0.2) is 4.79 Å². The number of guanidine groups is 1. The van der Waals surface area contributed by atoms with Crippen molar-refractivity contribution < 1.29 is 14.8 Å². The molecule has 2 aromatic carbocycles. The third-order valence-electron chi connectivity index (χ3n) is 3.81. The lowest BCUT2D eigenvalue weighted by Crippen LogP contribution is -2.41. The molecule has 30 heavy (non-hydrogen) atoms. The molecule has 8 N–H and O–H groups in total. The molecule has 0 spiro atoms. The molecule has 0 aliphatic rings. The fourth-order valence-corrected chi connectivity index (χ4v) is 2.69. The summed E-state index contributed by atoms with van der Waals surface area (Å²) in [4.78, 5) is 16.3. The number of carbonyl (C=O) groups is 1. The summed E-state index contributed by atoms with van der Waals surface area (Å²) in [5, 5.41) is 30.2. The van der Waals surface area contributed by atoms with Crippen LogP contribution in [0.1, 0.15) is 12.5 Å². The number of nitrogens with two attached hydrogens (primary N) is 1. The van der Waals surface area contributed by atoms with Gasteiger partial charge in [-0.15, -0.1) is 0 Å². The van der Waals surface area contributed by atoms with Crippen LogP contribution in [0.5, 0.6) is 0 Å². The van der Waals surface area contributed by atoms with E-state index in [1.54, 1.807) is 24.3 Å². The maximum atomic E-state index is 12.3. The van der Waals surface area contributed by atoms with Gasteiger partial charge in [0.15, 0.2) is 5.96 Å². The first kappa shape index (κ1) is 23.3. The molecule has 0 bridgehead atoms.